The molecule has 1 unspecified atom stereocenters. The maximum atomic E-state index is 12.5. The van der Waals surface area contributed by atoms with Gasteiger partial charge in [0.15, 0.2) is 5.78 Å². The van der Waals surface area contributed by atoms with E-state index in [1.807, 2.05) is 24.3 Å². The van der Waals surface area contributed by atoms with Gasteiger partial charge in [-0.25, -0.2) is 0 Å². The van der Waals surface area contributed by atoms with Crippen LogP contribution in [0.1, 0.15) is 47.7 Å². The maximum absolute atomic E-state index is 12.5. The molecule has 0 fully saturated rings. The second-order valence-electron chi connectivity index (χ2n) is 5.12. The number of halogens is 2. The molecule has 2 aromatic carbocycles. The van der Waals surface area contributed by atoms with Crippen LogP contribution in [0.3, 0.4) is 0 Å². The Labute approximate surface area is 134 Å². The quantitative estimate of drug-likeness (QED) is 0.611. The van der Waals surface area contributed by atoms with Crippen LogP contribution in [0, 0.1) is 0 Å². The van der Waals surface area contributed by atoms with Crippen LogP contribution in [0.5, 0.6) is 0 Å². The molecule has 110 valence electrons. The number of anilines is 1. The molecule has 1 atom stereocenters. The van der Waals surface area contributed by atoms with Crippen molar-refractivity contribution in [2.24, 2.45) is 0 Å². The standard InChI is InChI=1S/C17H17Cl2NO/c1-3-10(2)11-4-6-12(7-5-11)17(21)14-8-13(20)9-15(18)16(14)19/h4-10H,3,20H2,1-2H3. The Morgan fingerprint density at radius 2 is 1.81 bits per heavy atom. The van der Waals surface area contributed by atoms with Crippen LogP contribution in [0.25, 0.3) is 0 Å². The van der Waals surface area contributed by atoms with E-state index < -0.39 is 0 Å². The molecule has 2 aromatic rings. The van der Waals surface area contributed by atoms with E-state index in [9.17, 15) is 4.79 Å². The van der Waals surface area contributed by atoms with Crippen molar-refractivity contribution < 1.29 is 4.79 Å². The molecule has 0 aliphatic rings. The molecule has 0 amide bonds. The topological polar surface area (TPSA) is 43.1 Å². The summed E-state index contributed by atoms with van der Waals surface area (Å²) in [7, 11) is 0. The zero-order valence-electron chi connectivity index (χ0n) is 12.0. The van der Waals surface area contributed by atoms with Crippen molar-refractivity contribution in [3.8, 4) is 0 Å². The summed E-state index contributed by atoms with van der Waals surface area (Å²) in [5.74, 6) is 0.296. The zero-order valence-corrected chi connectivity index (χ0v) is 13.5. The van der Waals surface area contributed by atoms with Crippen LogP contribution in [0.2, 0.25) is 10.0 Å². The Hall–Kier alpha value is -1.51. The summed E-state index contributed by atoms with van der Waals surface area (Å²) in [6.45, 7) is 4.30. The first-order chi connectivity index (χ1) is 9.93. The number of carbonyl (C=O) groups is 1. The average Bonchev–Trinajstić information content (AvgIpc) is 2.49. The van der Waals surface area contributed by atoms with Crippen molar-refractivity contribution in [3.05, 3.63) is 63.1 Å². The minimum atomic E-state index is -0.176. The molecule has 0 heterocycles. The van der Waals surface area contributed by atoms with Gasteiger partial charge >= 0.3 is 0 Å². The van der Waals surface area contributed by atoms with Crippen molar-refractivity contribution in [1.29, 1.82) is 0 Å². The fraction of sp³-hybridized carbons (Fsp3) is 0.235. The highest BCUT2D eigenvalue weighted by Crippen LogP contribution is 2.30. The van der Waals surface area contributed by atoms with Crippen molar-refractivity contribution in [3.63, 3.8) is 0 Å². The molecule has 0 spiro atoms. The molecule has 0 aliphatic heterocycles. The zero-order chi connectivity index (χ0) is 15.6. The van der Waals surface area contributed by atoms with E-state index >= 15 is 0 Å². The lowest BCUT2D eigenvalue weighted by Crippen LogP contribution is -2.04. The van der Waals surface area contributed by atoms with Gasteiger partial charge in [-0.3, -0.25) is 4.79 Å². The third-order valence-corrected chi connectivity index (χ3v) is 4.45. The lowest BCUT2D eigenvalue weighted by molar-refractivity contribution is 0.103. The first kappa shape index (κ1) is 15.9. The van der Waals surface area contributed by atoms with Gasteiger partial charge in [-0.2, -0.15) is 0 Å². The van der Waals surface area contributed by atoms with Gasteiger partial charge < -0.3 is 5.73 Å². The molecule has 4 heteroatoms. The molecule has 0 saturated heterocycles. The molecule has 2 N–H and O–H groups in total. The fourth-order valence-corrected chi connectivity index (χ4v) is 2.55. The van der Waals surface area contributed by atoms with Gasteiger partial charge in [0.25, 0.3) is 0 Å². The van der Waals surface area contributed by atoms with Gasteiger partial charge in [0, 0.05) is 16.8 Å². The SMILES string of the molecule is CCC(C)c1ccc(C(=O)c2cc(N)cc(Cl)c2Cl)cc1. The second-order valence-corrected chi connectivity index (χ2v) is 5.91. The summed E-state index contributed by atoms with van der Waals surface area (Å²) >= 11 is 12.1. The molecule has 0 radical (unpaired) electrons. The van der Waals surface area contributed by atoms with Gasteiger partial charge in [0.2, 0.25) is 0 Å². The van der Waals surface area contributed by atoms with Crippen molar-refractivity contribution in [2.45, 2.75) is 26.2 Å². The maximum Gasteiger partial charge on any atom is 0.194 e. The van der Waals surface area contributed by atoms with Crippen LogP contribution in [0.15, 0.2) is 36.4 Å². The Morgan fingerprint density at radius 3 is 2.38 bits per heavy atom. The smallest absolute Gasteiger partial charge is 0.194 e. The first-order valence-corrected chi connectivity index (χ1v) is 7.58. The third kappa shape index (κ3) is 3.39. The van der Waals surface area contributed by atoms with Crippen LogP contribution >= 0.6 is 23.2 Å². The average molecular weight is 322 g/mol. The highest BCUT2D eigenvalue weighted by Gasteiger charge is 2.16. The number of carbonyl (C=O) groups excluding carboxylic acids is 1. The number of rotatable bonds is 4. The van der Waals surface area contributed by atoms with Crippen molar-refractivity contribution >= 4 is 34.7 Å². The van der Waals surface area contributed by atoms with E-state index in [0.29, 0.717) is 22.7 Å². The first-order valence-electron chi connectivity index (χ1n) is 6.83. The minimum Gasteiger partial charge on any atom is -0.399 e. The van der Waals surface area contributed by atoms with E-state index in [4.69, 9.17) is 28.9 Å². The van der Waals surface area contributed by atoms with E-state index in [-0.39, 0.29) is 15.8 Å². The summed E-state index contributed by atoms with van der Waals surface area (Å²) < 4.78 is 0. The van der Waals surface area contributed by atoms with Gasteiger partial charge in [-0.05, 0) is 30.0 Å². The van der Waals surface area contributed by atoms with Gasteiger partial charge in [-0.15, -0.1) is 0 Å². The largest absolute Gasteiger partial charge is 0.399 e. The third-order valence-electron chi connectivity index (χ3n) is 3.65. The van der Waals surface area contributed by atoms with Crippen LogP contribution in [0.4, 0.5) is 5.69 Å². The predicted molar refractivity (Wildman–Crippen MR) is 89.5 cm³/mol. The molecule has 2 rings (SSSR count). The highest BCUT2D eigenvalue weighted by atomic mass is 35.5. The second kappa shape index (κ2) is 6.50. The number of benzene rings is 2. The number of hydrogen-bond donors (Lipinski definition) is 1. The molecule has 0 saturated carbocycles. The summed E-state index contributed by atoms with van der Waals surface area (Å²) in [6, 6.07) is 10.7. The Bertz CT molecular complexity index is 665. The molecule has 0 aliphatic carbocycles. The van der Waals surface area contributed by atoms with Gasteiger partial charge in [-0.1, -0.05) is 61.3 Å². The van der Waals surface area contributed by atoms with Crippen LogP contribution < -0.4 is 5.73 Å². The normalized spacial score (nSPS) is 12.2. The van der Waals surface area contributed by atoms with Crippen LogP contribution in [-0.2, 0) is 0 Å². The molecule has 21 heavy (non-hydrogen) atoms. The monoisotopic (exact) mass is 321 g/mol. The van der Waals surface area contributed by atoms with E-state index in [1.165, 1.54) is 11.6 Å². The molecule has 0 aromatic heterocycles. The van der Waals surface area contributed by atoms with E-state index in [0.717, 1.165) is 6.42 Å². The highest BCUT2D eigenvalue weighted by molar-refractivity contribution is 6.44. The summed E-state index contributed by atoms with van der Waals surface area (Å²) in [4.78, 5) is 12.5. The number of hydrogen-bond acceptors (Lipinski definition) is 2. The molecule has 2 nitrogen and oxygen atoms in total. The minimum absolute atomic E-state index is 0.176. The molecule has 0 bridgehead atoms. The van der Waals surface area contributed by atoms with Gasteiger partial charge in [0.1, 0.15) is 0 Å². The Morgan fingerprint density at radius 1 is 1.19 bits per heavy atom. The Balaban J connectivity index is 2.37. The number of ketones is 1. The lowest BCUT2D eigenvalue weighted by Gasteiger charge is -2.10. The van der Waals surface area contributed by atoms with E-state index in [2.05, 4.69) is 13.8 Å². The molecular formula is C17H17Cl2NO. The predicted octanol–water partition coefficient (Wildman–Crippen LogP) is 5.32. The number of nitrogen functional groups attached to an aromatic ring is 1. The van der Waals surface area contributed by atoms with E-state index in [1.54, 1.807) is 6.07 Å². The summed E-state index contributed by atoms with van der Waals surface area (Å²) in [6.07, 6.45) is 1.06. The number of nitrogens with two attached hydrogens (primary N) is 1. The fourth-order valence-electron chi connectivity index (χ4n) is 2.13. The van der Waals surface area contributed by atoms with Crippen molar-refractivity contribution in [2.75, 3.05) is 5.73 Å². The lowest BCUT2D eigenvalue weighted by atomic mass is 9.95. The van der Waals surface area contributed by atoms with Gasteiger partial charge in [0.05, 0.1) is 10.0 Å². The summed E-state index contributed by atoms with van der Waals surface area (Å²) in [5, 5.41) is 0.526. The van der Waals surface area contributed by atoms with Crippen molar-refractivity contribution in [1.82, 2.24) is 0 Å². The van der Waals surface area contributed by atoms with Crippen LogP contribution in [-0.4, -0.2) is 5.78 Å². The Kier molecular flexibility index (Phi) is 4.92. The molecular weight excluding hydrogens is 305 g/mol. The summed E-state index contributed by atoms with van der Waals surface area (Å²) in [5.41, 5.74) is 8.27.